The van der Waals surface area contributed by atoms with Crippen LogP contribution in [0.3, 0.4) is 0 Å². The Hall–Kier alpha value is -2.49. The fraction of sp³-hybridized carbons (Fsp3) is 0.381. The lowest BCUT2D eigenvalue weighted by Crippen LogP contribution is -2.30. The zero-order valence-corrected chi connectivity index (χ0v) is 15.7. The number of amides is 1. The smallest absolute Gasteiger partial charge is 0.254 e. The number of ether oxygens (including phenoxy) is 2. The second-order valence-corrected chi connectivity index (χ2v) is 6.05. The van der Waals surface area contributed by atoms with Crippen LogP contribution in [-0.2, 0) is 0 Å². The first-order chi connectivity index (χ1) is 12.0. The van der Waals surface area contributed by atoms with Crippen molar-refractivity contribution in [2.75, 3.05) is 20.2 Å². The normalized spacial score (nSPS) is 10.6. The van der Waals surface area contributed by atoms with E-state index in [1.165, 1.54) is 0 Å². The van der Waals surface area contributed by atoms with Crippen LogP contribution in [0.4, 0.5) is 0 Å². The van der Waals surface area contributed by atoms with Gasteiger partial charge in [0.25, 0.3) is 5.91 Å². The summed E-state index contributed by atoms with van der Waals surface area (Å²) >= 11 is 0. The summed E-state index contributed by atoms with van der Waals surface area (Å²) in [5, 5.41) is 0. The maximum atomic E-state index is 13.0. The van der Waals surface area contributed by atoms with Crippen molar-refractivity contribution < 1.29 is 14.3 Å². The van der Waals surface area contributed by atoms with Gasteiger partial charge in [-0.3, -0.25) is 4.79 Å². The van der Waals surface area contributed by atoms with Gasteiger partial charge in [0.2, 0.25) is 0 Å². The molecule has 4 nitrogen and oxygen atoms in total. The maximum Gasteiger partial charge on any atom is 0.254 e. The molecule has 0 atom stereocenters. The Morgan fingerprint density at radius 2 is 1.72 bits per heavy atom. The minimum absolute atomic E-state index is 0.00162. The van der Waals surface area contributed by atoms with E-state index in [2.05, 4.69) is 0 Å². The molecule has 0 radical (unpaired) electrons. The Labute approximate surface area is 150 Å². The largest absolute Gasteiger partial charge is 0.497 e. The molecule has 0 saturated carbocycles. The van der Waals surface area contributed by atoms with Gasteiger partial charge in [0, 0.05) is 18.7 Å². The highest BCUT2D eigenvalue weighted by atomic mass is 16.5. The van der Waals surface area contributed by atoms with Gasteiger partial charge in [0.05, 0.1) is 18.8 Å². The number of carbonyl (C=O) groups excluding carboxylic acids is 1. The molecule has 0 heterocycles. The molecule has 0 spiro atoms. The van der Waals surface area contributed by atoms with E-state index in [0.717, 1.165) is 16.9 Å². The Kier molecular flexibility index (Phi) is 6.45. The Morgan fingerprint density at radius 3 is 2.32 bits per heavy atom. The molecular weight excluding hydrogens is 314 g/mol. The van der Waals surface area contributed by atoms with Gasteiger partial charge in [0.15, 0.2) is 0 Å². The number of para-hydroxylation sites is 1. The molecule has 134 valence electrons. The first-order valence-electron chi connectivity index (χ1n) is 8.75. The van der Waals surface area contributed by atoms with Crippen molar-refractivity contribution in [1.82, 2.24) is 4.90 Å². The van der Waals surface area contributed by atoms with Crippen LogP contribution in [0.2, 0.25) is 0 Å². The van der Waals surface area contributed by atoms with Crippen molar-refractivity contribution in [2.24, 2.45) is 0 Å². The SMILES string of the molecule is CCN(CC)C(=O)c1cc(OC)ccc1-c1ccccc1OC(C)C. The summed E-state index contributed by atoms with van der Waals surface area (Å²) in [4.78, 5) is 14.8. The molecule has 1 amide bonds. The highest BCUT2D eigenvalue weighted by Gasteiger charge is 2.20. The highest BCUT2D eigenvalue weighted by molar-refractivity contribution is 6.02. The predicted octanol–water partition coefficient (Wildman–Crippen LogP) is 4.63. The van der Waals surface area contributed by atoms with Gasteiger partial charge < -0.3 is 14.4 Å². The van der Waals surface area contributed by atoms with Crippen LogP contribution in [-0.4, -0.2) is 37.1 Å². The van der Waals surface area contributed by atoms with Crippen molar-refractivity contribution in [3.8, 4) is 22.6 Å². The predicted molar refractivity (Wildman–Crippen MR) is 101 cm³/mol. The second kappa shape index (κ2) is 8.56. The average Bonchev–Trinajstić information content (AvgIpc) is 2.62. The van der Waals surface area contributed by atoms with Gasteiger partial charge in [-0.2, -0.15) is 0 Å². The first kappa shape index (κ1) is 18.8. The molecule has 2 rings (SSSR count). The van der Waals surface area contributed by atoms with E-state index >= 15 is 0 Å². The molecule has 0 aliphatic rings. The lowest BCUT2D eigenvalue weighted by molar-refractivity contribution is 0.0773. The van der Waals surface area contributed by atoms with Gasteiger partial charge in [-0.25, -0.2) is 0 Å². The maximum absolute atomic E-state index is 13.0. The van der Waals surface area contributed by atoms with Crippen LogP contribution in [0.1, 0.15) is 38.1 Å². The third-order valence-corrected chi connectivity index (χ3v) is 4.05. The van der Waals surface area contributed by atoms with Crippen LogP contribution < -0.4 is 9.47 Å². The molecular formula is C21H27NO3. The topological polar surface area (TPSA) is 38.8 Å². The van der Waals surface area contributed by atoms with E-state index in [0.29, 0.717) is 24.4 Å². The lowest BCUT2D eigenvalue weighted by atomic mass is 9.97. The minimum Gasteiger partial charge on any atom is -0.497 e. The molecule has 25 heavy (non-hydrogen) atoms. The molecule has 2 aromatic rings. The summed E-state index contributed by atoms with van der Waals surface area (Å²) < 4.78 is 11.3. The van der Waals surface area contributed by atoms with E-state index in [4.69, 9.17) is 9.47 Å². The van der Waals surface area contributed by atoms with E-state index in [1.807, 2.05) is 75.1 Å². The van der Waals surface area contributed by atoms with Crippen molar-refractivity contribution in [3.63, 3.8) is 0 Å². The molecule has 2 aromatic carbocycles. The van der Waals surface area contributed by atoms with Crippen molar-refractivity contribution in [2.45, 2.75) is 33.8 Å². The summed E-state index contributed by atoms with van der Waals surface area (Å²) in [6.07, 6.45) is 0.0568. The third kappa shape index (κ3) is 4.32. The Balaban J connectivity index is 2.60. The molecule has 0 bridgehead atoms. The van der Waals surface area contributed by atoms with Gasteiger partial charge in [-0.15, -0.1) is 0 Å². The molecule has 0 aromatic heterocycles. The fourth-order valence-corrected chi connectivity index (χ4v) is 2.79. The van der Waals surface area contributed by atoms with Crippen LogP contribution in [0.5, 0.6) is 11.5 Å². The van der Waals surface area contributed by atoms with Crippen molar-refractivity contribution in [3.05, 3.63) is 48.0 Å². The zero-order chi connectivity index (χ0) is 18.4. The van der Waals surface area contributed by atoms with Crippen LogP contribution in [0.15, 0.2) is 42.5 Å². The summed E-state index contributed by atoms with van der Waals surface area (Å²) in [5.41, 5.74) is 2.39. The number of benzene rings is 2. The van der Waals surface area contributed by atoms with Gasteiger partial charge >= 0.3 is 0 Å². The molecule has 0 N–H and O–H groups in total. The van der Waals surface area contributed by atoms with E-state index in [9.17, 15) is 4.79 Å². The molecule has 0 aliphatic heterocycles. The molecule has 0 aliphatic carbocycles. The lowest BCUT2D eigenvalue weighted by Gasteiger charge is -2.22. The fourth-order valence-electron chi connectivity index (χ4n) is 2.79. The number of carbonyl (C=O) groups is 1. The monoisotopic (exact) mass is 341 g/mol. The van der Waals surface area contributed by atoms with Crippen LogP contribution >= 0.6 is 0 Å². The number of hydrogen-bond donors (Lipinski definition) is 0. The van der Waals surface area contributed by atoms with Crippen molar-refractivity contribution in [1.29, 1.82) is 0 Å². The number of rotatable bonds is 7. The second-order valence-electron chi connectivity index (χ2n) is 6.05. The van der Waals surface area contributed by atoms with Gasteiger partial charge in [0.1, 0.15) is 11.5 Å². The third-order valence-electron chi connectivity index (χ3n) is 4.05. The highest BCUT2D eigenvalue weighted by Crippen LogP contribution is 2.35. The minimum atomic E-state index is -0.00162. The summed E-state index contributed by atoms with van der Waals surface area (Å²) in [5.74, 6) is 1.44. The van der Waals surface area contributed by atoms with E-state index < -0.39 is 0 Å². The summed E-state index contributed by atoms with van der Waals surface area (Å²) in [6, 6.07) is 13.4. The Bertz CT molecular complexity index is 721. The summed E-state index contributed by atoms with van der Waals surface area (Å²) in [7, 11) is 1.61. The number of methoxy groups -OCH3 is 1. The first-order valence-corrected chi connectivity index (χ1v) is 8.75. The average molecular weight is 341 g/mol. The number of hydrogen-bond acceptors (Lipinski definition) is 3. The number of nitrogens with zero attached hydrogens (tertiary/aromatic N) is 1. The van der Waals surface area contributed by atoms with Crippen LogP contribution in [0.25, 0.3) is 11.1 Å². The van der Waals surface area contributed by atoms with E-state index in [1.54, 1.807) is 7.11 Å². The Morgan fingerprint density at radius 1 is 1.04 bits per heavy atom. The van der Waals surface area contributed by atoms with Gasteiger partial charge in [-0.1, -0.05) is 18.2 Å². The molecule has 0 saturated heterocycles. The summed E-state index contributed by atoms with van der Waals surface area (Å²) in [6.45, 7) is 9.28. The van der Waals surface area contributed by atoms with Crippen LogP contribution in [0, 0.1) is 0 Å². The molecule has 0 fully saturated rings. The van der Waals surface area contributed by atoms with Crippen molar-refractivity contribution >= 4 is 5.91 Å². The molecule has 4 heteroatoms. The van der Waals surface area contributed by atoms with Gasteiger partial charge in [-0.05, 0) is 57.5 Å². The van der Waals surface area contributed by atoms with E-state index in [-0.39, 0.29) is 12.0 Å². The quantitative estimate of drug-likeness (QED) is 0.737. The molecule has 0 unspecified atom stereocenters. The standard InChI is InChI=1S/C21H27NO3/c1-6-22(7-2)21(23)19-14-16(24-5)12-13-17(19)18-10-8-9-11-20(18)25-15(3)4/h8-15H,6-7H2,1-5H3. The zero-order valence-electron chi connectivity index (χ0n) is 15.7.